The first-order valence-corrected chi connectivity index (χ1v) is 2.96. The van der Waals surface area contributed by atoms with Crippen LogP contribution in [0.3, 0.4) is 0 Å². The van der Waals surface area contributed by atoms with E-state index in [1.165, 1.54) is 5.57 Å². The monoisotopic (exact) mass is 121 g/mol. The number of nitrogens with one attached hydrogen (secondary N) is 1. The highest BCUT2D eigenvalue weighted by molar-refractivity contribution is 6.10. The van der Waals surface area contributed by atoms with Gasteiger partial charge in [0.15, 0.2) is 0 Å². The van der Waals surface area contributed by atoms with Crippen molar-refractivity contribution in [2.45, 2.75) is 20.2 Å². The smallest absolute Gasteiger partial charge is 0.0736 e. The second-order valence-corrected chi connectivity index (χ2v) is 2.03. The molecule has 0 aromatic rings. The van der Waals surface area contributed by atoms with Crippen molar-refractivity contribution in [3.63, 3.8) is 0 Å². The van der Waals surface area contributed by atoms with Crippen molar-refractivity contribution < 1.29 is 0 Å². The number of hydrogen-bond donors (Lipinski definition) is 1. The highest BCUT2D eigenvalue weighted by Crippen LogP contribution is 2.01. The minimum atomic E-state index is 0.550. The fraction of sp³-hybridized carbons (Fsp3) is 0.429. The molecular weight excluding hydrogens is 109 g/mol. The third-order valence-corrected chi connectivity index (χ3v) is 1.08. The molecule has 0 unspecified atom stereocenters. The summed E-state index contributed by atoms with van der Waals surface area (Å²) in [5.74, 6) is 0. The molecule has 0 heterocycles. The van der Waals surface area contributed by atoms with Gasteiger partial charge in [0.25, 0.3) is 0 Å². The molecule has 9 heavy (non-hydrogen) atoms. The van der Waals surface area contributed by atoms with Crippen LogP contribution in [0.25, 0.3) is 0 Å². The molecular formula is C7H12BN. The predicted octanol–water partition coefficient (Wildman–Crippen LogP) is 1.60. The Hall–Kier alpha value is -0.655. The van der Waals surface area contributed by atoms with Crippen molar-refractivity contribution in [3.8, 4) is 0 Å². The van der Waals surface area contributed by atoms with Crippen LogP contribution in [0.15, 0.2) is 24.0 Å². The predicted molar refractivity (Wildman–Crippen MR) is 42.3 cm³/mol. The summed E-state index contributed by atoms with van der Waals surface area (Å²) >= 11 is 0. The molecule has 48 valence electrons. The van der Waals surface area contributed by atoms with Crippen molar-refractivity contribution >= 4 is 7.85 Å². The molecule has 0 bridgehead atoms. The molecule has 0 saturated carbocycles. The Morgan fingerprint density at radius 2 is 2.22 bits per heavy atom. The molecule has 0 aliphatic carbocycles. The summed E-state index contributed by atoms with van der Waals surface area (Å²) in [4.78, 5) is 0. The minimum absolute atomic E-state index is 0.550. The van der Waals surface area contributed by atoms with E-state index < -0.39 is 0 Å². The van der Waals surface area contributed by atoms with E-state index in [1.807, 2.05) is 13.8 Å². The van der Waals surface area contributed by atoms with Crippen LogP contribution in [0.1, 0.15) is 13.8 Å². The molecule has 1 N–H and O–H groups in total. The molecule has 0 aliphatic heterocycles. The molecule has 2 radical (unpaired) electrons. The van der Waals surface area contributed by atoms with E-state index in [2.05, 4.69) is 11.9 Å². The summed E-state index contributed by atoms with van der Waals surface area (Å²) in [5, 5.41) is 2.95. The molecule has 0 aromatic heterocycles. The fourth-order valence-electron chi connectivity index (χ4n) is 0.531. The Labute approximate surface area is 58.3 Å². The first kappa shape index (κ1) is 8.34. The average Bonchev–Trinajstić information content (AvgIpc) is 1.82. The molecule has 1 nitrogen and oxygen atoms in total. The van der Waals surface area contributed by atoms with E-state index in [4.69, 9.17) is 7.85 Å². The van der Waals surface area contributed by atoms with E-state index in [-0.39, 0.29) is 0 Å². The Kier molecular flexibility index (Phi) is 3.94. The normalized spacial score (nSPS) is 8.22. The van der Waals surface area contributed by atoms with Crippen molar-refractivity contribution in [1.29, 1.82) is 0 Å². The molecule has 0 rings (SSSR count). The Morgan fingerprint density at radius 3 is 2.33 bits per heavy atom. The van der Waals surface area contributed by atoms with Gasteiger partial charge in [-0.1, -0.05) is 12.2 Å². The number of rotatable bonds is 3. The van der Waals surface area contributed by atoms with Gasteiger partial charge in [0.1, 0.15) is 0 Å². The van der Waals surface area contributed by atoms with Crippen LogP contribution < -0.4 is 5.32 Å². The van der Waals surface area contributed by atoms with Gasteiger partial charge in [-0.05, 0) is 26.4 Å². The molecule has 2 heteroatoms. The molecule has 0 saturated heterocycles. The fourth-order valence-corrected chi connectivity index (χ4v) is 0.531. The zero-order valence-electron chi connectivity index (χ0n) is 6.07. The Balaban J connectivity index is 3.97. The minimum Gasteiger partial charge on any atom is -0.366 e. The largest absolute Gasteiger partial charge is 0.366 e. The lowest BCUT2D eigenvalue weighted by Gasteiger charge is -2.05. The van der Waals surface area contributed by atoms with E-state index in [9.17, 15) is 0 Å². The lowest BCUT2D eigenvalue weighted by molar-refractivity contribution is 1.02. The molecule has 0 fully saturated rings. The second kappa shape index (κ2) is 4.25. The van der Waals surface area contributed by atoms with Crippen molar-refractivity contribution in [2.24, 2.45) is 0 Å². The third-order valence-electron chi connectivity index (χ3n) is 1.08. The first-order valence-electron chi connectivity index (χ1n) is 2.96. The van der Waals surface area contributed by atoms with E-state index in [0.29, 0.717) is 6.32 Å². The average molecular weight is 121 g/mol. The van der Waals surface area contributed by atoms with Gasteiger partial charge in [0.2, 0.25) is 0 Å². The van der Waals surface area contributed by atoms with Gasteiger partial charge in [0.05, 0.1) is 7.85 Å². The lowest BCUT2D eigenvalue weighted by atomic mass is 9.99. The van der Waals surface area contributed by atoms with Crippen LogP contribution in [0.5, 0.6) is 0 Å². The number of allylic oxidation sites excluding steroid dienone is 2. The Morgan fingerprint density at radius 1 is 1.67 bits per heavy atom. The van der Waals surface area contributed by atoms with Crippen LogP contribution in [0.2, 0.25) is 6.32 Å². The maximum Gasteiger partial charge on any atom is 0.0736 e. The molecule has 0 amide bonds. The summed E-state index contributed by atoms with van der Waals surface area (Å²) in [6, 6.07) is 0. The van der Waals surface area contributed by atoms with Crippen LogP contribution in [-0.4, -0.2) is 7.85 Å². The summed E-state index contributed by atoms with van der Waals surface area (Å²) in [5.41, 5.74) is 2.25. The van der Waals surface area contributed by atoms with Crippen LogP contribution in [0, 0.1) is 0 Å². The lowest BCUT2D eigenvalue weighted by Crippen LogP contribution is -2.04. The zero-order chi connectivity index (χ0) is 7.28. The maximum absolute atomic E-state index is 5.39. The summed E-state index contributed by atoms with van der Waals surface area (Å²) < 4.78 is 0. The standard InChI is InChI=1S/C7H12BN/c1-4-9-7(5-8)6(2)3/h4,9H,1,5H2,2-3H3. The van der Waals surface area contributed by atoms with E-state index >= 15 is 0 Å². The van der Waals surface area contributed by atoms with E-state index in [1.54, 1.807) is 6.20 Å². The first-order chi connectivity index (χ1) is 4.22. The highest BCUT2D eigenvalue weighted by atomic mass is 14.8. The van der Waals surface area contributed by atoms with Crippen LogP contribution >= 0.6 is 0 Å². The van der Waals surface area contributed by atoms with Crippen molar-refractivity contribution in [2.75, 3.05) is 0 Å². The molecule has 0 spiro atoms. The zero-order valence-corrected chi connectivity index (χ0v) is 6.07. The van der Waals surface area contributed by atoms with Gasteiger partial charge >= 0.3 is 0 Å². The SMILES string of the molecule is [B]CC(NC=C)=C(C)C. The van der Waals surface area contributed by atoms with Crippen LogP contribution in [0.4, 0.5) is 0 Å². The number of hydrogen-bond acceptors (Lipinski definition) is 1. The molecule has 0 atom stereocenters. The molecule has 0 aliphatic rings. The quantitative estimate of drug-likeness (QED) is 0.559. The third kappa shape index (κ3) is 3.01. The van der Waals surface area contributed by atoms with Crippen LogP contribution in [-0.2, 0) is 0 Å². The van der Waals surface area contributed by atoms with E-state index in [0.717, 1.165) is 5.70 Å². The summed E-state index contributed by atoms with van der Waals surface area (Å²) in [7, 11) is 5.39. The van der Waals surface area contributed by atoms with Crippen molar-refractivity contribution in [3.05, 3.63) is 24.0 Å². The maximum atomic E-state index is 5.39. The molecule has 0 aromatic carbocycles. The van der Waals surface area contributed by atoms with Gasteiger partial charge in [0, 0.05) is 5.70 Å². The van der Waals surface area contributed by atoms with Gasteiger partial charge in [-0.15, -0.1) is 0 Å². The van der Waals surface area contributed by atoms with Crippen molar-refractivity contribution in [1.82, 2.24) is 5.32 Å². The van der Waals surface area contributed by atoms with Gasteiger partial charge in [-0.2, -0.15) is 0 Å². The Bertz CT molecular complexity index is 123. The summed E-state index contributed by atoms with van der Waals surface area (Å²) in [6.07, 6.45) is 2.18. The van der Waals surface area contributed by atoms with Gasteiger partial charge < -0.3 is 5.32 Å². The topological polar surface area (TPSA) is 12.0 Å². The van der Waals surface area contributed by atoms with Gasteiger partial charge in [-0.3, -0.25) is 0 Å². The highest BCUT2D eigenvalue weighted by Gasteiger charge is 1.89. The second-order valence-electron chi connectivity index (χ2n) is 2.03. The summed E-state index contributed by atoms with van der Waals surface area (Å²) in [6.45, 7) is 7.56. The van der Waals surface area contributed by atoms with Gasteiger partial charge in [-0.25, -0.2) is 0 Å².